The van der Waals surface area contributed by atoms with Gasteiger partial charge in [0.2, 0.25) is 0 Å². The molecule has 104 valence electrons. The lowest BCUT2D eigenvalue weighted by molar-refractivity contribution is 0.0258. The van der Waals surface area contributed by atoms with Crippen LogP contribution in [-0.4, -0.2) is 4.98 Å². The zero-order valence-electron chi connectivity index (χ0n) is 11.3. The van der Waals surface area contributed by atoms with Crippen LogP contribution in [0, 0.1) is 0 Å². The number of nitrogens with two attached hydrogens (primary N) is 2. The Morgan fingerprint density at radius 1 is 1.15 bits per heavy atom. The molecule has 2 atom stereocenters. The molecule has 0 aliphatic heterocycles. The maximum Gasteiger partial charge on any atom is 0.123 e. The number of aromatic nitrogens is 1. The molecule has 1 aromatic heterocycles. The van der Waals surface area contributed by atoms with Crippen molar-refractivity contribution < 1.29 is 4.74 Å². The van der Waals surface area contributed by atoms with E-state index in [-0.39, 0.29) is 12.1 Å². The Labute approximate surface area is 118 Å². The molecule has 1 aromatic carbocycles. The first kappa shape index (κ1) is 13.1. The van der Waals surface area contributed by atoms with Gasteiger partial charge in [-0.3, -0.25) is 0 Å². The summed E-state index contributed by atoms with van der Waals surface area (Å²) < 4.78 is 6.06. The molecule has 0 unspecified atom stereocenters. The Morgan fingerprint density at radius 3 is 2.75 bits per heavy atom. The molecule has 4 N–H and O–H groups in total. The number of fused-ring (bicyclic) bond motifs is 1. The lowest BCUT2D eigenvalue weighted by Crippen LogP contribution is -2.21. The Balaban J connectivity index is 1.74. The molecule has 0 fully saturated rings. The van der Waals surface area contributed by atoms with Gasteiger partial charge in [-0.15, -0.1) is 0 Å². The normalized spacial score (nSPS) is 21.4. The van der Waals surface area contributed by atoms with E-state index in [9.17, 15) is 0 Å². The van der Waals surface area contributed by atoms with Crippen LogP contribution in [0.15, 0.2) is 42.6 Å². The van der Waals surface area contributed by atoms with Crippen molar-refractivity contribution in [3.8, 4) is 0 Å². The van der Waals surface area contributed by atoms with Gasteiger partial charge in [-0.05, 0) is 41.7 Å². The van der Waals surface area contributed by atoms with E-state index in [1.54, 1.807) is 6.20 Å². The van der Waals surface area contributed by atoms with Crippen molar-refractivity contribution in [1.82, 2.24) is 4.98 Å². The highest BCUT2D eigenvalue weighted by Crippen LogP contribution is 2.37. The highest BCUT2D eigenvalue weighted by molar-refractivity contribution is 5.34. The minimum atomic E-state index is 0.111. The molecule has 20 heavy (non-hydrogen) atoms. The lowest BCUT2D eigenvalue weighted by Gasteiger charge is -2.29. The molecule has 0 spiro atoms. The fourth-order valence-electron chi connectivity index (χ4n) is 2.74. The fourth-order valence-corrected chi connectivity index (χ4v) is 2.74. The molecule has 0 bridgehead atoms. The van der Waals surface area contributed by atoms with Gasteiger partial charge in [0.1, 0.15) is 5.82 Å². The molecule has 3 rings (SSSR count). The monoisotopic (exact) mass is 269 g/mol. The zero-order valence-corrected chi connectivity index (χ0v) is 11.3. The number of hydrogen-bond donors (Lipinski definition) is 2. The van der Waals surface area contributed by atoms with E-state index in [4.69, 9.17) is 16.2 Å². The summed E-state index contributed by atoms with van der Waals surface area (Å²) in [6.45, 7) is 0.543. The highest BCUT2D eigenvalue weighted by atomic mass is 16.5. The van der Waals surface area contributed by atoms with Gasteiger partial charge in [-0.25, -0.2) is 4.98 Å². The Morgan fingerprint density at radius 2 is 1.95 bits per heavy atom. The van der Waals surface area contributed by atoms with Gasteiger partial charge in [0, 0.05) is 12.2 Å². The summed E-state index contributed by atoms with van der Waals surface area (Å²) in [4.78, 5) is 3.99. The first-order valence-corrected chi connectivity index (χ1v) is 6.90. The van der Waals surface area contributed by atoms with E-state index in [1.165, 1.54) is 11.1 Å². The van der Waals surface area contributed by atoms with Crippen molar-refractivity contribution in [2.45, 2.75) is 31.6 Å². The van der Waals surface area contributed by atoms with E-state index in [0.717, 1.165) is 18.4 Å². The van der Waals surface area contributed by atoms with Gasteiger partial charge in [-0.2, -0.15) is 0 Å². The van der Waals surface area contributed by atoms with Gasteiger partial charge in [0.05, 0.1) is 12.7 Å². The van der Waals surface area contributed by atoms with Crippen LogP contribution < -0.4 is 11.5 Å². The number of hydrogen-bond acceptors (Lipinski definition) is 4. The lowest BCUT2D eigenvalue weighted by atomic mass is 9.86. The second kappa shape index (κ2) is 5.61. The largest absolute Gasteiger partial charge is 0.384 e. The SMILES string of the molecule is Nc1cc(CO[C@H]2CC[C@H](N)c3ccccc32)ccn1. The number of nitrogen functional groups attached to an aromatic ring is 1. The van der Waals surface area contributed by atoms with Gasteiger partial charge in [0.15, 0.2) is 0 Å². The Bertz CT molecular complexity index is 600. The van der Waals surface area contributed by atoms with Crippen LogP contribution in [-0.2, 0) is 11.3 Å². The molecule has 1 heterocycles. The molecule has 0 radical (unpaired) electrons. The summed E-state index contributed by atoms with van der Waals surface area (Å²) in [6.07, 6.45) is 3.73. The fraction of sp³-hybridized carbons (Fsp3) is 0.312. The van der Waals surface area contributed by atoms with Crippen molar-refractivity contribution in [3.05, 3.63) is 59.3 Å². The van der Waals surface area contributed by atoms with Gasteiger partial charge < -0.3 is 16.2 Å². The first-order chi connectivity index (χ1) is 9.74. The second-order valence-corrected chi connectivity index (χ2v) is 5.20. The average Bonchev–Trinajstić information content (AvgIpc) is 2.47. The minimum Gasteiger partial charge on any atom is -0.384 e. The van der Waals surface area contributed by atoms with E-state index in [2.05, 4.69) is 17.1 Å². The molecule has 0 saturated carbocycles. The summed E-state index contributed by atoms with van der Waals surface area (Å²) in [5.41, 5.74) is 15.3. The van der Waals surface area contributed by atoms with E-state index in [0.29, 0.717) is 12.4 Å². The number of anilines is 1. The molecule has 1 aliphatic carbocycles. The smallest absolute Gasteiger partial charge is 0.123 e. The highest BCUT2D eigenvalue weighted by Gasteiger charge is 2.25. The molecular weight excluding hydrogens is 250 g/mol. The van der Waals surface area contributed by atoms with E-state index in [1.807, 2.05) is 24.3 Å². The predicted molar refractivity (Wildman–Crippen MR) is 78.8 cm³/mol. The third-order valence-corrected chi connectivity index (χ3v) is 3.78. The van der Waals surface area contributed by atoms with Crippen LogP contribution in [0.1, 0.15) is 41.7 Å². The molecule has 0 amide bonds. The molecular formula is C16H19N3O. The maximum absolute atomic E-state index is 6.16. The number of nitrogens with zero attached hydrogens (tertiary/aromatic N) is 1. The number of ether oxygens (including phenoxy) is 1. The van der Waals surface area contributed by atoms with Crippen LogP contribution in [0.5, 0.6) is 0 Å². The van der Waals surface area contributed by atoms with Gasteiger partial charge in [0.25, 0.3) is 0 Å². The summed E-state index contributed by atoms with van der Waals surface area (Å²) in [7, 11) is 0. The van der Waals surface area contributed by atoms with Crippen LogP contribution in [0.4, 0.5) is 5.82 Å². The van der Waals surface area contributed by atoms with Crippen molar-refractivity contribution >= 4 is 5.82 Å². The minimum absolute atomic E-state index is 0.111. The predicted octanol–water partition coefficient (Wildman–Crippen LogP) is 2.72. The number of pyridine rings is 1. The van der Waals surface area contributed by atoms with Crippen LogP contribution >= 0.6 is 0 Å². The first-order valence-electron chi connectivity index (χ1n) is 6.90. The molecule has 2 aromatic rings. The maximum atomic E-state index is 6.16. The third kappa shape index (κ3) is 2.66. The zero-order chi connectivity index (χ0) is 13.9. The van der Waals surface area contributed by atoms with Crippen LogP contribution in [0.25, 0.3) is 0 Å². The van der Waals surface area contributed by atoms with Crippen molar-refractivity contribution in [3.63, 3.8) is 0 Å². The molecule has 4 heteroatoms. The van der Waals surface area contributed by atoms with Crippen molar-refractivity contribution in [2.24, 2.45) is 5.73 Å². The van der Waals surface area contributed by atoms with Crippen molar-refractivity contribution in [1.29, 1.82) is 0 Å². The van der Waals surface area contributed by atoms with E-state index < -0.39 is 0 Å². The quantitative estimate of drug-likeness (QED) is 0.898. The number of rotatable bonds is 3. The van der Waals surface area contributed by atoms with Crippen LogP contribution in [0.2, 0.25) is 0 Å². The third-order valence-electron chi connectivity index (χ3n) is 3.78. The standard InChI is InChI=1S/C16H19N3O/c17-14-5-6-15(13-4-2-1-3-12(13)14)20-10-11-7-8-19-16(18)9-11/h1-4,7-9,14-15H,5-6,10,17H2,(H2,18,19)/t14-,15-/m0/s1. The average molecular weight is 269 g/mol. The van der Waals surface area contributed by atoms with Gasteiger partial charge in [-0.1, -0.05) is 24.3 Å². The molecule has 0 saturated heterocycles. The van der Waals surface area contributed by atoms with E-state index >= 15 is 0 Å². The molecule has 4 nitrogen and oxygen atoms in total. The second-order valence-electron chi connectivity index (χ2n) is 5.20. The Kier molecular flexibility index (Phi) is 3.67. The molecule has 1 aliphatic rings. The number of benzene rings is 1. The summed E-state index contributed by atoms with van der Waals surface area (Å²) in [5.74, 6) is 0.525. The summed E-state index contributed by atoms with van der Waals surface area (Å²) in [5, 5.41) is 0. The van der Waals surface area contributed by atoms with Crippen molar-refractivity contribution in [2.75, 3.05) is 5.73 Å². The topological polar surface area (TPSA) is 74.2 Å². The van der Waals surface area contributed by atoms with Crippen LogP contribution in [0.3, 0.4) is 0 Å². The van der Waals surface area contributed by atoms with Gasteiger partial charge >= 0.3 is 0 Å². The summed E-state index contributed by atoms with van der Waals surface area (Å²) >= 11 is 0. The summed E-state index contributed by atoms with van der Waals surface area (Å²) in [6, 6.07) is 12.2. The Hall–Kier alpha value is -1.91.